The van der Waals surface area contributed by atoms with Crippen LogP contribution in [0.3, 0.4) is 0 Å². The fourth-order valence-corrected chi connectivity index (χ4v) is 0.0272. The molecule has 0 heterocycles. The van der Waals surface area contributed by atoms with Crippen LogP contribution >= 0.6 is 0 Å². The fraction of sp³-hybridized carbons (Fsp3) is 0. The lowest BCUT2D eigenvalue weighted by atomic mass is 10.9. The first-order valence-corrected chi connectivity index (χ1v) is 1.03. The largest absolute Gasteiger partial charge is 0.411 e. The summed E-state index contributed by atoms with van der Waals surface area (Å²) in [4.78, 5) is 9.10. The van der Waals surface area contributed by atoms with Crippen molar-refractivity contribution in [3.63, 3.8) is 0 Å². The number of nitrogens with zero attached hydrogens (tertiary/aromatic N) is 1. The predicted octanol–water partition coefficient (Wildman–Crippen LogP) is -0.355. The molecule has 0 rings (SSSR count). The third-order valence-electron chi connectivity index (χ3n) is 0.128. The molecule has 1 N–H and O–H groups in total. The first-order chi connectivity index (χ1) is 2.41. The van der Waals surface area contributed by atoms with E-state index in [2.05, 4.69) is 5.16 Å². The van der Waals surface area contributed by atoms with Crippen LogP contribution in [0.25, 0.3) is 0 Å². The minimum atomic E-state index is 0.389. The number of rotatable bonds is 1. The summed E-state index contributed by atoms with van der Waals surface area (Å²) in [6.07, 6.45) is 1.14. The van der Waals surface area contributed by atoms with E-state index < -0.39 is 0 Å². The van der Waals surface area contributed by atoms with E-state index in [-0.39, 0.29) is 0 Å². The molecule has 0 saturated heterocycles. The van der Waals surface area contributed by atoms with Crippen molar-refractivity contribution < 1.29 is 10.0 Å². The molecule has 0 aromatic rings. The van der Waals surface area contributed by atoms with Gasteiger partial charge in [0.05, 0.1) is 0 Å². The number of carbonyl (C=O) groups is 1. The SMILES string of the molecule is O=CC=NO. The Bertz CT molecular complexity index is 49.6. The smallest absolute Gasteiger partial charge is 0.164 e. The van der Waals surface area contributed by atoms with Crippen LogP contribution < -0.4 is 0 Å². The Kier molecular flexibility index (Phi) is 2.60. The van der Waals surface area contributed by atoms with Crippen LogP contribution in [0.5, 0.6) is 0 Å². The van der Waals surface area contributed by atoms with Crippen LogP contribution in [-0.4, -0.2) is 17.7 Å². The lowest BCUT2D eigenvalue weighted by Crippen LogP contribution is -1.67. The van der Waals surface area contributed by atoms with Crippen LogP contribution in [0.15, 0.2) is 5.16 Å². The van der Waals surface area contributed by atoms with Gasteiger partial charge in [-0.1, -0.05) is 5.16 Å². The Hall–Kier alpha value is -0.860. The van der Waals surface area contributed by atoms with Gasteiger partial charge in [0.1, 0.15) is 6.21 Å². The molecule has 0 unspecified atom stereocenters. The van der Waals surface area contributed by atoms with E-state index in [0.717, 1.165) is 6.21 Å². The average molecular weight is 73.1 g/mol. The summed E-state index contributed by atoms with van der Waals surface area (Å²) in [6.45, 7) is 0. The fourth-order valence-electron chi connectivity index (χ4n) is 0.0272. The second-order valence-electron chi connectivity index (χ2n) is 0.401. The molecule has 0 spiro atoms. The van der Waals surface area contributed by atoms with Crippen LogP contribution in [0, 0.1) is 0 Å². The molecular formula is C2H3NO2. The second kappa shape index (κ2) is 3.14. The zero-order chi connectivity index (χ0) is 4.12. The van der Waals surface area contributed by atoms with Crippen molar-refractivity contribution in [3.05, 3.63) is 0 Å². The molecule has 0 fully saturated rings. The molecule has 5 heavy (non-hydrogen) atoms. The maximum absolute atomic E-state index is 9.10. The van der Waals surface area contributed by atoms with E-state index in [1.54, 1.807) is 0 Å². The standard InChI is InChI=1S/C2H3NO2/c4-2-1-3-5/h1-2,5H. The average Bonchev–Trinajstić information content (AvgIpc) is 1.41. The van der Waals surface area contributed by atoms with Gasteiger partial charge >= 0.3 is 0 Å². The Morgan fingerprint density at radius 1 is 1.80 bits per heavy atom. The second-order valence-corrected chi connectivity index (χ2v) is 0.401. The van der Waals surface area contributed by atoms with Gasteiger partial charge in [-0.15, -0.1) is 0 Å². The molecule has 0 aliphatic carbocycles. The number of oxime groups is 1. The van der Waals surface area contributed by atoms with Gasteiger partial charge in [0.25, 0.3) is 0 Å². The highest BCUT2D eigenvalue weighted by atomic mass is 16.4. The number of hydrogen-bond acceptors (Lipinski definition) is 3. The van der Waals surface area contributed by atoms with E-state index >= 15 is 0 Å². The van der Waals surface area contributed by atoms with Crippen LogP contribution in [-0.2, 0) is 4.79 Å². The van der Waals surface area contributed by atoms with Crippen LogP contribution in [0.4, 0.5) is 0 Å². The van der Waals surface area contributed by atoms with Gasteiger partial charge in [-0.25, -0.2) is 0 Å². The highest BCUT2D eigenvalue weighted by Crippen LogP contribution is 1.36. The molecule has 28 valence electrons. The van der Waals surface area contributed by atoms with E-state index in [4.69, 9.17) is 10.0 Å². The molecule has 3 nitrogen and oxygen atoms in total. The molecule has 0 aliphatic rings. The van der Waals surface area contributed by atoms with Crippen LogP contribution in [0.2, 0.25) is 0 Å². The molecule has 0 aromatic heterocycles. The summed E-state index contributed by atoms with van der Waals surface area (Å²) in [5.74, 6) is 0. The number of hydrogen-bond donors (Lipinski definition) is 1. The Balaban J connectivity index is 2.92. The zero-order valence-electron chi connectivity index (χ0n) is 2.46. The summed E-state index contributed by atoms with van der Waals surface area (Å²) in [7, 11) is 0. The lowest BCUT2D eigenvalue weighted by molar-refractivity contribution is -0.102. The predicted molar refractivity (Wildman–Crippen MR) is 16.3 cm³/mol. The van der Waals surface area contributed by atoms with Gasteiger partial charge < -0.3 is 5.21 Å². The summed E-state index contributed by atoms with van der Waals surface area (Å²) in [6, 6.07) is 0. The third kappa shape index (κ3) is 3.14. The van der Waals surface area contributed by atoms with Crippen molar-refractivity contribution in [1.82, 2.24) is 0 Å². The maximum atomic E-state index is 9.10. The third-order valence-corrected chi connectivity index (χ3v) is 0.128. The van der Waals surface area contributed by atoms with Crippen molar-refractivity contribution >= 4 is 12.5 Å². The molecule has 0 aromatic carbocycles. The van der Waals surface area contributed by atoms with Crippen molar-refractivity contribution in [1.29, 1.82) is 0 Å². The normalized spacial score (nSPS) is 8.80. The monoisotopic (exact) mass is 73.0 g/mol. The Morgan fingerprint density at radius 2 is 2.40 bits per heavy atom. The highest BCUT2D eigenvalue weighted by molar-refractivity contribution is 6.12. The Labute approximate surface area is 28.9 Å². The van der Waals surface area contributed by atoms with E-state index in [9.17, 15) is 0 Å². The van der Waals surface area contributed by atoms with Gasteiger partial charge in [0.2, 0.25) is 0 Å². The van der Waals surface area contributed by atoms with E-state index in [0.29, 0.717) is 6.29 Å². The molecule has 3 heteroatoms. The van der Waals surface area contributed by atoms with Crippen molar-refractivity contribution in [2.75, 3.05) is 0 Å². The van der Waals surface area contributed by atoms with Crippen molar-refractivity contribution in [2.24, 2.45) is 5.16 Å². The molecule has 0 radical (unpaired) electrons. The van der Waals surface area contributed by atoms with E-state index in [1.165, 1.54) is 0 Å². The molecule has 0 bridgehead atoms. The first-order valence-electron chi connectivity index (χ1n) is 1.03. The Morgan fingerprint density at radius 3 is 2.40 bits per heavy atom. The van der Waals surface area contributed by atoms with Crippen molar-refractivity contribution in [2.45, 2.75) is 0 Å². The summed E-state index contributed by atoms with van der Waals surface area (Å²) in [5, 5.41) is 9.77. The summed E-state index contributed by atoms with van der Waals surface area (Å²) < 4.78 is 0. The minimum Gasteiger partial charge on any atom is -0.411 e. The molecular weight excluding hydrogens is 70.0 g/mol. The lowest BCUT2D eigenvalue weighted by Gasteiger charge is -1.54. The van der Waals surface area contributed by atoms with Gasteiger partial charge in [0.15, 0.2) is 6.29 Å². The summed E-state index contributed by atoms with van der Waals surface area (Å²) in [5.41, 5.74) is 0. The van der Waals surface area contributed by atoms with E-state index in [1.807, 2.05) is 0 Å². The first kappa shape index (κ1) is 4.14. The van der Waals surface area contributed by atoms with Crippen molar-refractivity contribution in [3.8, 4) is 0 Å². The van der Waals surface area contributed by atoms with Gasteiger partial charge in [-0.05, 0) is 0 Å². The highest BCUT2D eigenvalue weighted by Gasteiger charge is 1.51. The maximum Gasteiger partial charge on any atom is 0.164 e. The quantitative estimate of drug-likeness (QED) is 0.199. The van der Waals surface area contributed by atoms with Gasteiger partial charge in [-0.2, -0.15) is 0 Å². The summed E-state index contributed by atoms with van der Waals surface area (Å²) >= 11 is 0. The molecule has 0 saturated carbocycles. The van der Waals surface area contributed by atoms with Crippen LogP contribution in [0.1, 0.15) is 0 Å². The topological polar surface area (TPSA) is 49.7 Å². The number of carbonyl (C=O) groups excluding carboxylic acids is 1. The number of aldehydes is 1. The zero-order valence-corrected chi connectivity index (χ0v) is 2.46. The van der Waals surface area contributed by atoms with Gasteiger partial charge in [0, 0.05) is 0 Å². The van der Waals surface area contributed by atoms with Gasteiger partial charge in [-0.3, -0.25) is 4.79 Å². The molecule has 0 aliphatic heterocycles. The molecule has 0 amide bonds. The molecule has 0 atom stereocenters. The minimum absolute atomic E-state index is 0.389.